The van der Waals surface area contributed by atoms with Crippen molar-refractivity contribution in [1.29, 1.82) is 0 Å². The van der Waals surface area contributed by atoms with Crippen molar-refractivity contribution in [3.63, 3.8) is 0 Å². The van der Waals surface area contributed by atoms with E-state index >= 15 is 0 Å². The van der Waals surface area contributed by atoms with E-state index in [9.17, 15) is 13.6 Å². The highest BCUT2D eigenvalue weighted by atomic mass is 19.3. The zero-order valence-electron chi connectivity index (χ0n) is 10.7. The number of hydrogen-bond donors (Lipinski definition) is 1. The molecule has 5 heteroatoms. The molecule has 0 unspecified atom stereocenters. The Hall–Kier alpha value is -1.49. The molecule has 0 bridgehead atoms. The number of aryl methyl sites for hydroxylation is 2. The molecule has 0 amide bonds. The molecule has 1 rings (SSSR count). The summed E-state index contributed by atoms with van der Waals surface area (Å²) in [6.07, 6.45) is 0. The van der Waals surface area contributed by atoms with Gasteiger partial charge in [-0.25, -0.2) is 4.79 Å². The molecule has 18 heavy (non-hydrogen) atoms. The van der Waals surface area contributed by atoms with Gasteiger partial charge in [-0.3, -0.25) is 0 Å². The fourth-order valence-corrected chi connectivity index (χ4v) is 1.52. The monoisotopic (exact) mass is 257 g/mol. The van der Waals surface area contributed by atoms with Gasteiger partial charge in [0, 0.05) is 0 Å². The van der Waals surface area contributed by atoms with Crippen LogP contribution in [0, 0.1) is 13.8 Å². The van der Waals surface area contributed by atoms with E-state index in [1.807, 2.05) is 6.92 Å². The second-order valence-corrected chi connectivity index (χ2v) is 4.16. The van der Waals surface area contributed by atoms with Gasteiger partial charge in [0.25, 0.3) is 0 Å². The molecule has 0 fully saturated rings. The first-order chi connectivity index (χ1) is 8.30. The van der Waals surface area contributed by atoms with Crippen LogP contribution in [0.5, 0.6) is 0 Å². The van der Waals surface area contributed by atoms with Crippen LogP contribution in [-0.2, 0) is 9.53 Å². The number of carbonyl (C=O) groups is 1. The maximum atomic E-state index is 13.7. The van der Waals surface area contributed by atoms with Crippen molar-refractivity contribution < 1.29 is 18.3 Å². The third kappa shape index (κ3) is 2.85. The zero-order valence-corrected chi connectivity index (χ0v) is 10.7. The Morgan fingerprint density at radius 3 is 2.50 bits per heavy atom. The highest BCUT2D eigenvalue weighted by Gasteiger charge is 2.47. The summed E-state index contributed by atoms with van der Waals surface area (Å²) in [5, 5.41) is 0. The molecule has 0 radical (unpaired) electrons. The van der Waals surface area contributed by atoms with Crippen LogP contribution < -0.4 is 5.73 Å². The number of esters is 1. The molecule has 0 heterocycles. The molecule has 0 aliphatic heterocycles. The first-order valence-electron chi connectivity index (χ1n) is 5.68. The number of nitrogens with two attached hydrogens (primary N) is 1. The Morgan fingerprint density at radius 2 is 2.00 bits per heavy atom. The van der Waals surface area contributed by atoms with Crippen LogP contribution in [0.15, 0.2) is 18.2 Å². The standard InChI is InChI=1S/C13H17F2NO2/c1-4-18-12(17)13(14,15)11(16)10-6-5-8(2)9(3)7-10/h5-7,11H,4,16H2,1-3H3/t11-/m1/s1. The largest absolute Gasteiger partial charge is 0.462 e. The molecule has 0 saturated carbocycles. The summed E-state index contributed by atoms with van der Waals surface area (Å²) in [4.78, 5) is 11.2. The molecule has 2 N–H and O–H groups in total. The zero-order chi connectivity index (χ0) is 13.9. The van der Waals surface area contributed by atoms with Gasteiger partial charge in [-0.1, -0.05) is 18.2 Å². The second kappa shape index (κ2) is 5.44. The van der Waals surface area contributed by atoms with Crippen LogP contribution in [0.2, 0.25) is 0 Å². The average Bonchev–Trinajstić information content (AvgIpc) is 2.32. The fraction of sp³-hybridized carbons (Fsp3) is 0.462. The summed E-state index contributed by atoms with van der Waals surface area (Å²) in [6, 6.07) is 3.06. The number of carbonyl (C=O) groups excluding carboxylic acids is 1. The fourth-order valence-electron chi connectivity index (χ4n) is 1.52. The van der Waals surface area contributed by atoms with Gasteiger partial charge in [-0.05, 0) is 37.5 Å². The number of benzene rings is 1. The van der Waals surface area contributed by atoms with E-state index in [1.165, 1.54) is 13.0 Å². The second-order valence-electron chi connectivity index (χ2n) is 4.16. The quantitative estimate of drug-likeness (QED) is 0.843. The van der Waals surface area contributed by atoms with Gasteiger partial charge in [0.2, 0.25) is 0 Å². The van der Waals surface area contributed by atoms with E-state index in [0.717, 1.165) is 11.1 Å². The van der Waals surface area contributed by atoms with Crippen molar-refractivity contribution in [1.82, 2.24) is 0 Å². The van der Waals surface area contributed by atoms with E-state index in [0.29, 0.717) is 0 Å². The van der Waals surface area contributed by atoms with E-state index in [4.69, 9.17) is 5.73 Å². The van der Waals surface area contributed by atoms with Crippen LogP contribution in [-0.4, -0.2) is 18.5 Å². The number of halogens is 2. The third-order valence-electron chi connectivity index (χ3n) is 2.83. The summed E-state index contributed by atoms with van der Waals surface area (Å²) >= 11 is 0. The Balaban J connectivity index is 3.01. The molecule has 100 valence electrons. The predicted octanol–water partition coefficient (Wildman–Crippen LogP) is 2.50. The Morgan fingerprint density at radius 1 is 1.39 bits per heavy atom. The molecular weight excluding hydrogens is 240 g/mol. The van der Waals surface area contributed by atoms with E-state index < -0.39 is 17.9 Å². The van der Waals surface area contributed by atoms with Crippen molar-refractivity contribution in [3.8, 4) is 0 Å². The molecule has 3 nitrogen and oxygen atoms in total. The van der Waals surface area contributed by atoms with Crippen LogP contribution in [0.4, 0.5) is 8.78 Å². The van der Waals surface area contributed by atoms with Gasteiger partial charge in [0.15, 0.2) is 0 Å². The lowest BCUT2D eigenvalue weighted by Crippen LogP contribution is -2.41. The first-order valence-corrected chi connectivity index (χ1v) is 5.68. The van der Waals surface area contributed by atoms with Gasteiger partial charge < -0.3 is 10.5 Å². The number of hydrogen-bond acceptors (Lipinski definition) is 3. The molecule has 0 aromatic heterocycles. The Kier molecular flexibility index (Phi) is 4.40. The van der Waals surface area contributed by atoms with Crippen LogP contribution in [0.1, 0.15) is 29.7 Å². The molecule has 0 spiro atoms. The highest BCUT2D eigenvalue weighted by molar-refractivity contribution is 5.78. The van der Waals surface area contributed by atoms with E-state index in [-0.39, 0.29) is 12.2 Å². The van der Waals surface area contributed by atoms with Gasteiger partial charge in [-0.2, -0.15) is 8.78 Å². The van der Waals surface area contributed by atoms with Crippen molar-refractivity contribution >= 4 is 5.97 Å². The Labute approximate surface area is 105 Å². The van der Waals surface area contributed by atoms with Crippen molar-refractivity contribution in [2.45, 2.75) is 32.7 Å². The first kappa shape index (κ1) is 14.6. The van der Waals surface area contributed by atoms with Gasteiger partial charge in [0.1, 0.15) is 6.04 Å². The van der Waals surface area contributed by atoms with Crippen LogP contribution in [0.25, 0.3) is 0 Å². The minimum atomic E-state index is -3.72. The molecule has 1 aromatic carbocycles. The van der Waals surface area contributed by atoms with Crippen LogP contribution in [0.3, 0.4) is 0 Å². The molecular formula is C13H17F2NO2. The number of alkyl halides is 2. The summed E-state index contributed by atoms with van der Waals surface area (Å²) in [5.41, 5.74) is 7.52. The van der Waals surface area contributed by atoms with E-state index in [2.05, 4.69) is 4.74 Å². The summed E-state index contributed by atoms with van der Waals surface area (Å²) in [6.45, 7) is 5.03. The lowest BCUT2D eigenvalue weighted by Gasteiger charge is -2.22. The van der Waals surface area contributed by atoms with Crippen LogP contribution >= 0.6 is 0 Å². The maximum absolute atomic E-state index is 13.7. The molecule has 0 aliphatic rings. The highest BCUT2D eigenvalue weighted by Crippen LogP contribution is 2.31. The van der Waals surface area contributed by atoms with Gasteiger partial charge in [-0.15, -0.1) is 0 Å². The lowest BCUT2D eigenvalue weighted by atomic mass is 9.97. The summed E-state index contributed by atoms with van der Waals surface area (Å²) in [5.74, 6) is -5.31. The summed E-state index contributed by atoms with van der Waals surface area (Å²) < 4.78 is 31.8. The van der Waals surface area contributed by atoms with E-state index in [1.54, 1.807) is 19.1 Å². The minimum Gasteiger partial charge on any atom is -0.462 e. The molecule has 1 atom stereocenters. The number of ether oxygens (including phenoxy) is 1. The molecule has 0 saturated heterocycles. The van der Waals surface area contributed by atoms with Crippen molar-refractivity contribution in [2.24, 2.45) is 5.73 Å². The summed E-state index contributed by atoms with van der Waals surface area (Å²) in [7, 11) is 0. The van der Waals surface area contributed by atoms with Gasteiger partial charge >= 0.3 is 11.9 Å². The van der Waals surface area contributed by atoms with Crippen molar-refractivity contribution in [2.75, 3.05) is 6.61 Å². The minimum absolute atomic E-state index is 0.103. The lowest BCUT2D eigenvalue weighted by molar-refractivity contribution is -0.174. The smallest absolute Gasteiger partial charge is 0.379 e. The average molecular weight is 257 g/mol. The van der Waals surface area contributed by atoms with Gasteiger partial charge in [0.05, 0.1) is 6.61 Å². The number of rotatable bonds is 4. The topological polar surface area (TPSA) is 52.3 Å². The molecule has 1 aromatic rings. The van der Waals surface area contributed by atoms with Crippen molar-refractivity contribution in [3.05, 3.63) is 34.9 Å². The predicted molar refractivity (Wildman–Crippen MR) is 64.4 cm³/mol. The molecule has 0 aliphatic carbocycles. The normalized spacial score (nSPS) is 13.2. The Bertz CT molecular complexity index is 447. The third-order valence-corrected chi connectivity index (χ3v) is 2.83. The SMILES string of the molecule is CCOC(=O)C(F)(F)[C@H](N)c1ccc(C)c(C)c1. The maximum Gasteiger partial charge on any atom is 0.379 e.